The molecule has 1 rings (SSSR count). The number of amides is 1. The van der Waals surface area contributed by atoms with E-state index in [1.165, 1.54) is 0 Å². The van der Waals surface area contributed by atoms with E-state index in [0.717, 1.165) is 12.8 Å². The largest absolute Gasteiger partial charge is 0.444 e. The molecule has 0 aromatic heterocycles. The van der Waals surface area contributed by atoms with Gasteiger partial charge in [0.1, 0.15) is 11.3 Å². The second kappa shape index (κ2) is 6.59. The number of hydrogen-bond acceptors (Lipinski definition) is 4. The molecule has 0 spiro atoms. The highest BCUT2D eigenvalue weighted by molar-refractivity contribution is 5.69. The summed E-state index contributed by atoms with van der Waals surface area (Å²) in [6, 6.07) is 0.00296. The van der Waals surface area contributed by atoms with Crippen molar-refractivity contribution in [3.63, 3.8) is 0 Å². The van der Waals surface area contributed by atoms with E-state index in [4.69, 9.17) is 14.6 Å². The monoisotopic (exact) mass is 285 g/mol. The van der Waals surface area contributed by atoms with Crippen molar-refractivity contribution in [2.24, 2.45) is 0 Å². The first-order chi connectivity index (χ1) is 9.17. The number of aliphatic hydroxyl groups is 1. The van der Waals surface area contributed by atoms with E-state index in [1.807, 2.05) is 40.7 Å². The predicted molar refractivity (Wildman–Crippen MR) is 77.4 cm³/mol. The standard InChI is InChI=1S/C15H27NO4/c1-14(2,3)20-13(18)16-12(9-7-6-8-10-17)11-19-15(16,4)5/h6,8,12,17H,7,9-11H2,1-5H3/b8-6+/t12-/m0/s1. The summed E-state index contributed by atoms with van der Waals surface area (Å²) < 4.78 is 11.2. The van der Waals surface area contributed by atoms with Crippen LogP contribution in [-0.2, 0) is 9.47 Å². The maximum Gasteiger partial charge on any atom is 0.412 e. The molecule has 5 nitrogen and oxygen atoms in total. The molecule has 5 heteroatoms. The van der Waals surface area contributed by atoms with Gasteiger partial charge in [0.25, 0.3) is 0 Å². The molecule has 0 radical (unpaired) electrons. The van der Waals surface area contributed by atoms with Crippen LogP contribution in [-0.4, -0.2) is 46.7 Å². The molecule has 0 aromatic rings. The van der Waals surface area contributed by atoms with Crippen LogP contribution >= 0.6 is 0 Å². The Morgan fingerprint density at radius 2 is 2.10 bits per heavy atom. The normalized spacial score (nSPS) is 22.5. The summed E-state index contributed by atoms with van der Waals surface area (Å²) in [5.74, 6) is 0. The minimum absolute atomic E-state index is 0.00296. The zero-order chi connectivity index (χ0) is 15.4. The molecule has 1 aliphatic heterocycles. The summed E-state index contributed by atoms with van der Waals surface area (Å²) in [5, 5.41) is 8.71. The van der Waals surface area contributed by atoms with Gasteiger partial charge in [-0.25, -0.2) is 4.79 Å². The van der Waals surface area contributed by atoms with Gasteiger partial charge in [0.2, 0.25) is 0 Å². The Morgan fingerprint density at radius 1 is 1.45 bits per heavy atom. The number of carbonyl (C=O) groups is 1. The molecule has 116 valence electrons. The van der Waals surface area contributed by atoms with Crippen molar-refractivity contribution in [1.29, 1.82) is 0 Å². The summed E-state index contributed by atoms with van der Waals surface area (Å²) >= 11 is 0. The van der Waals surface area contributed by atoms with E-state index < -0.39 is 11.3 Å². The Balaban J connectivity index is 2.70. The summed E-state index contributed by atoms with van der Waals surface area (Å²) in [6.07, 6.45) is 4.87. The smallest absolute Gasteiger partial charge is 0.412 e. The highest BCUT2D eigenvalue weighted by Crippen LogP contribution is 2.31. The van der Waals surface area contributed by atoms with Crippen LogP contribution in [0, 0.1) is 0 Å². The van der Waals surface area contributed by atoms with Gasteiger partial charge in [-0.3, -0.25) is 4.90 Å². The van der Waals surface area contributed by atoms with Crippen LogP contribution in [0.3, 0.4) is 0 Å². The molecule has 0 saturated carbocycles. The fourth-order valence-electron chi connectivity index (χ4n) is 2.26. The zero-order valence-electron chi connectivity index (χ0n) is 13.2. The van der Waals surface area contributed by atoms with Crippen molar-refractivity contribution >= 4 is 6.09 Å². The summed E-state index contributed by atoms with van der Waals surface area (Å²) in [4.78, 5) is 14.0. The quantitative estimate of drug-likeness (QED) is 0.807. The Labute approximate surface area is 121 Å². The molecule has 1 amide bonds. The van der Waals surface area contributed by atoms with Crippen molar-refractivity contribution in [3.05, 3.63) is 12.2 Å². The van der Waals surface area contributed by atoms with Gasteiger partial charge < -0.3 is 14.6 Å². The number of nitrogens with zero attached hydrogens (tertiary/aromatic N) is 1. The Hall–Kier alpha value is -1.07. The second-order valence-corrected chi connectivity index (χ2v) is 6.49. The molecule has 0 unspecified atom stereocenters. The lowest BCUT2D eigenvalue weighted by Crippen LogP contribution is -2.49. The third-order valence-electron chi connectivity index (χ3n) is 3.10. The van der Waals surface area contributed by atoms with Crippen LogP contribution < -0.4 is 0 Å². The maximum atomic E-state index is 12.3. The molecular weight excluding hydrogens is 258 g/mol. The molecule has 1 heterocycles. The highest BCUT2D eigenvalue weighted by atomic mass is 16.6. The van der Waals surface area contributed by atoms with Crippen LogP contribution in [0.15, 0.2) is 12.2 Å². The van der Waals surface area contributed by atoms with Gasteiger partial charge in [0.05, 0.1) is 19.3 Å². The first kappa shape index (κ1) is 17.0. The summed E-state index contributed by atoms with van der Waals surface area (Å²) in [7, 11) is 0. The van der Waals surface area contributed by atoms with Crippen LogP contribution in [0.5, 0.6) is 0 Å². The summed E-state index contributed by atoms with van der Waals surface area (Å²) in [5.41, 5.74) is -1.16. The first-order valence-electron chi connectivity index (χ1n) is 7.09. The number of aliphatic hydroxyl groups excluding tert-OH is 1. The Kier molecular flexibility index (Phi) is 5.59. The van der Waals surface area contributed by atoms with Crippen LogP contribution in [0.2, 0.25) is 0 Å². The van der Waals surface area contributed by atoms with Crippen LogP contribution in [0.25, 0.3) is 0 Å². The molecule has 1 N–H and O–H groups in total. The van der Waals surface area contributed by atoms with Gasteiger partial charge in [-0.05, 0) is 47.5 Å². The fourth-order valence-corrected chi connectivity index (χ4v) is 2.26. The van der Waals surface area contributed by atoms with Crippen molar-refractivity contribution < 1.29 is 19.4 Å². The lowest BCUT2D eigenvalue weighted by Gasteiger charge is -2.35. The minimum atomic E-state index is -0.645. The molecule has 0 bridgehead atoms. The summed E-state index contributed by atoms with van der Waals surface area (Å²) in [6.45, 7) is 9.87. The third-order valence-corrected chi connectivity index (χ3v) is 3.10. The van der Waals surface area contributed by atoms with Crippen LogP contribution in [0.4, 0.5) is 4.79 Å². The van der Waals surface area contributed by atoms with Gasteiger partial charge >= 0.3 is 6.09 Å². The van der Waals surface area contributed by atoms with Crippen molar-refractivity contribution in [1.82, 2.24) is 4.90 Å². The van der Waals surface area contributed by atoms with Crippen LogP contribution in [0.1, 0.15) is 47.5 Å². The molecule has 20 heavy (non-hydrogen) atoms. The lowest BCUT2D eigenvalue weighted by atomic mass is 10.1. The van der Waals surface area contributed by atoms with Crippen molar-refractivity contribution in [2.45, 2.75) is 64.8 Å². The topological polar surface area (TPSA) is 59.0 Å². The number of carbonyl (C=O) groups excluding carboxylic acids is 1. The predicted octanol–water partition coefficient (Wildman–Crippen LogP) is 2.69. The average Bonchev–Trinajstić information content (AvgIpc) is 2.58. The number of ether oxygens (including phenoxy) is 2. The number of allylic oxidation sites excluding steroid dienone is 1. The maximum absolute atomic E-state index is 12.3. The molecule has 1 aliphatic rings. The van der Waals surface area contributed by atoms with Gasteiger partial charge in [-0.1, -0.05) is 12.2 Å². The van der Waals surface area contributed by atoms with Gasteiger partial charge in [-0.2, -0.15) is 0 Å². The Morgan fingerprint density at radius 3 is 2.65 bits per heavy atom. The first-order valence-corrected chi connectivity index (χ1v) is 7.09. The van der Waals surface area contributed by atoms with Crippen molar-refractivity contribution in [2.75, 3.05) is 13.2 Å². The SMILES string of the molecule is CC(C)(C)OC(=O)N1[C@@H](CC/C=C/CO)COC1(C)C. The van der Waals surface area contributed by atoms with Gasteiger partial charge in [0.15, 0.2) is 0 Å². The lowest BCUT2D eigenvalue weighted by molar-refractivity contribution is -0.0626. The zero-order valence-corrected chi connectivity index (χ0v) is 13.2. The fraction of sp³-hybridized carbons (Fsp3) is 0.800. The van der Waals surface area contributed by atoms with E-state index in [-0.39, 0.29) is 18.7 Å². The second-order valence-electron chi connectivity index (χ2n) is 6.49. The van der Waals surface area contributed by atoms with E-state index in [1.54, 1.807) is 11.0 Å². The number of rotatable bonds is 4. The Bertz CT molecular complexity index is 357. The highest BCUT2D eigenvalue weighted by Gasteiger charge is 2.45. The van der Waals surface area contributed by atoms with E-state index >= 15 is 0 Å². The van der Waals surface area contributed by atoms with Gasteiger partial charge in [0, 0.05) is 0 Å². The molecular formula is C15H27NO4. The molecule has 1 atom stereocenters. The average molecular weight is 285 g/mol. The minimum Gasteiger partial charge on any atom is -0.444 e. The van der Waals surface area contributed by atoms with E-state index in [0.29, 0.717) is 6.61 Å². The number of hydrogen-bond donors (Lipinski definition) is 1. The van der Waals surface area contributed by atoms with E-state index in [2.05, 4.69) is 0 Å². The third kappa shape index (κ3) is 4.80. The van der Waals surface area contributed by atoms with E-state index in [9.17, 15) is 4.79 Å². The van der Waals surface area contributed by atoms with Gasteiger partial charge in [-0.15, -0.1) is 0 Å². The molecule has 1 fully saturated rings. The molecule has 0 aliphatic carbocycles. The van der Waals surface area contributed by atoms with Crippen molar-refractivity contribution in [3.8, 4) is 0 Å². The molecule has 1 saturated heterocycles. The molecule has 0 aromatic carbocycles.